The number of nitrogens with one attached hydrogen (secondary N) is 2. The van der Waals surface area contributed by atoms with Crippen LogP contribution in [0.1, 0.15) is 34.6 Å². The lowest BCUT2D eigenvalue weighted by Crippen LogP contribution is -2.47. The zero-order valence-electron chi connectivity index (χ0n) is 15.0. The normalized spacial score (nSPS) is 18.0. The molecule has 1 unspecified atom stereocenters. The van der Waals surface area contributed by atoms with Gasteiger partial charge in [-0.05, 0) is 6.92 Å². The molecule has 1 atom stereocenters. The van der Waals surface area contributed by atoms with Crippen LogP contribution in [0, 0.1) is 0 Å². The summed E-state index contributed by atoms with van der Waals surface area (Å²) >= 11 is 0. The van der Waals surface area contributed by atoms with Crippen LogP contribution in [0.5, 0.6) is 0 Å². The average Bonchev–Trinajstić information content (AvgIpc) is 2.88. The third kappa shape index (κ3) is 6.14. The second-order valence-corrected chi connectivity index (χ2v) is 4.53. The summed E-state index contributed by atoms with van der Waals surface area (Å²) in [5.41, 5.74) is 1.42. The van der Waals surface area contributed by atoms with Gasteiger partial charge in [-0.2, -0.15) is 0 Å². The van der Waals surface area contributed by atoms with Crippen molar-refractivity contribution in [3.63, 3.8) is 0 Å². The second-order valence-electron chi connectivity index (χ2n) is 4.53. The van der Waals surface area contributed by atoms with Crippen molar-refractivity contribution in [2.24, 2.45) is 0 Å². The van der Waals surface area contributed by atoms with Gasteiger partial charge in [0.2, 0.25) is 0 Å². The van der Waals surface area contributed by atoms with Gasteiger partial charge in [0.05, 0.1) is 18.2 Å². The summed E-state index contributed by atoms with van der Waals surface area (Å²) in [4.78, 5) is 24.2. The number of likely N-dealkylation sites (N-methyl/N-ethyl adjacent to an activating group) is 1. The first-order valence-electron chi connectivity index (χ1n) is 8.15. The lowest BCUT2D eigenvalue weighted by molar-refractivity contribution is -0.124. The number of amides is 3. The molecule has 1 aromatic carbocycles. The highest BCUT2D eigenvalue weighted by Gasteiger charge is 2.35. The van der Waals surface area contributed by atoms with Crippen LogP contribution in [0.15, 0.2) is 47.7 Å². The Kier molecular flexibility index (Phi) is 10.2. The molecule has 3 amide bonds. The van der Waals surface area contributed by atoms with Gasteiger partial charge in [0.15, 0.2) is 0 Å². The fraction of sp³-hybridized carbons (Fsp3) is 0.444. The summed E-state index contributed by atoms with van der Waals surface area (Å²) in [5, 5.41) is 5.28. The minimum absolute atomic E-state index is 0.00463. The van der Waals surface area contributed by atoms with E-state index in [0.29, 0.717) is 12.1 Å². The molecule has 0 saturated carbocycles. The van der Waals surface area contributed by atoms with Gasteiger partial charge < -0.3 is 15.5 Å². The molecule has 128 valence electrons. The molecule has 2 heterocycles. The molecule has 3 rings (SSSR count). The van der Waals surface area contributed by atoms with Crippen LogP contribution in [0.2, 0.25) is 0 Å². The van der Waals surface area contributed by atoms with Crippen LogP contribution in [0.4, 0.5) is 4.79 Å². The molecule has 0 saturated heterocycles. The van der Waals surface area contributed by atoms with E-state index in [1.165, 1.54) is 0 Å². The van der Waals surface area contributed by atoms with Crippen molar-refractivity contribution in [1.29, 1.82) is 0 Å². The highest BCUT2D eigenvalue weighted by Crippen LogP contribution is 2.21. The predicted octanol–water partition coefficient (Wildman–Crippen LogP) is 3.15. The number of carbonyl (C=O) groups is 2. The summed E-state index contributed by atoms with van der Waals surface area (Å²) < 4.78 is 0. The fourth-order valence-corrected chi connectivity index (χ4v) is 2.11. The molecular weight excluding hydrogens is 290 g/mol. The molecule has 2 N–H and O–H groups in total. The maximum Gasteiger partial charge on any atom is 0.319 e. The molecule has 5 nitrogen and oxygen atoms in total. The zero-order valence-corrected chi connectivity index (χ0v) is 15.0. The Balaban J connectivity index is 0.000000407. The Morgan fingerprint density at radius 3 is 1.83 bits per heavy atom. The van der Waals surface area contributed by atoms with Gasteiger partial charge >= 0.3 is 6.03 Å². The van der Waals surface area contributed by atoms with E-state index in [4.69, 9.17) is 0 Å². The topological polar surface area (TPSA) is 61.4 Å². The van der Waals surface area contributed by atoms with Crippen LogP contribution < -0.4 is 10.6 Å². The van der Waals surface area contributed by atoms with Gasteiger partial charge in [0, 0.05) is 12.7 Å². The number of hydrogen-bond donors (Lipinski definition) is 2. The van der Waals surface area contributed by atoms with E-state index in [0.717, 1.165) is 5.70 Å². The number of urea groups is 1. The van der Waals surface area contributed by atoms with E-state index in [9.17, 15) is 9.59 Å². The Bertz CT molecular complexity index is 486. The van der Waals surface area contributed by atoms with Gasteiger partial charge in [-0.1, -0.05) is 64.1 Å². The molecule has 0 fully saturated rings. The van der Waals surface area contributed by atoms with Crippen molar-refractivity contribution in [3.05, 3.63) is 47.7 Å². The average molecular weight is 319 g/mol. The Labute approximate surface area is 139 Å². The van der Waals surface area contributed by atoms with E-state index in [-0.39, 0.29) is 18.0 Å². The molecule has 1 aromatic rings. The number of hydrogen-bond acceptors (Lipinski definition) is 2. The van der Waals surface area contributed by atoms with E-state index in [1.54, 1.807) is 11.9 Å². The van der Waals surface area contributed by atoms with Gasteiger partial charge in [0.1, 0.15) is 0 Å². The molecule has 0 radical (unpaired) electrons. The third-order valence-electron chi connectivity index (χ3n) is 3.01. The lowest BCUT2D eigenvalue weighted by atomic mass is 10.1. The Morgan fingerprint density at radius 2 is 1.39 bits per heavy atom. The van der Waals surface area contributed by atoms with Crippen LogP contribution in [-0.2, 0) is 4.79 Å². The largest absolute Gasteiger partial charge is 0.336 e. The van der Waals surface area contributed by atoms with Gasteiger partial charge in [-0.3, -0.25) is 4.79 Å². The van der Waals surface area contributed by atoms with Gasteiger partial charge in [0.25, 0.3) is 5.91 Å². The molecule has 0 spiro atoms. The van der Waals surface area contributed by atoms with E-state index in [2.05, 4.69) is 10.6 Å². The minimum Gasteiger partial charge on any atom is -0.336 e. The quantitative estimate of drug-likeness (QED) is 0.771. The van der Waals surface area contributed by atoms with Crippen molar-refractivity contribution >= 4 is 11.9 Å². The van der Waals surface area contributed by atoms with Gasteiger partial charge in [-0.15, -0.1) is 0 Å². The van der Waals surface area contributed by atoms with E-state index < -0.39 is 0 Å². The molecule has 2 aliphatic rings. The summed E-state index contributed by atoms with van der Waals surface area (Å²) in [7, 11) is 1.72. The fourth-order valence-electron chi connectivity index (χ4n) is 2.11. The van der Waals surface area contributed by atoms with Crippen LogP contribution >= 0.6 is 0 Å². The standard InChI is InChI=1S/C8H11N3O2.C6H6.2C2H6/c1-4-6-5(10-8(13)9-4)3-11(2)7(6)12;1-2-4-6-5-3-1;2*1-2/h4H,3H2,1-2H3,(H2,9,10,13);1-6H;2*1-2H3. The van der Waals surface area contributed by atoms with Crippen molar-refractivity contribution < 1.29 is 9.59 Å². The highest BCUT2D eigenvalue weighted by atomic mass is 16.2. The second kappa shape index (κ2) is 11.3. The monoisotopic (exact) mass is 319 g/mol. The molecular formula is C18H29N3O2. The first-order valence-corrected chi connectivity index (χ1v) is 8.15. The molecule has 0 aromatic heterocycles. The molecule has 5 heteroatoms. The van der Waals surface area contributed by atoms with Crippen LogP contribution in [0.3, 0.4) is 0 Å². The SMILES string of the molecule is CC.CC.CC1NC(=O)NC2=C1C(=O)N(C)C2.c1ccccc1. The number of benzene rings is 1. The van der Waals surface area contributed by atoms with Crippen LogP contribution in [0.25, 0.3) is 0 Å². The Morgan fingerprint density at radius 1 is 0.957 bits per heavy atom. The first-order chi connectivity index (χ1) is 11.1. The van der Waals surface area contributed by atoms with Gasteiger partial charge in [-0.25, -0.2) is 4.79 Å². The smallest absolute Gasteiger partial charge is 0.319 e. The maximum absolute atomic E-state index is 11.5. The predicted molar refractivity (Wildman–Crippen MR) is 94.9 cm³/mol. The maximum atomic E-state index is 11.5. The third-order valence-corrected chi connectivity index (χ3v) is 3.01. The van der Waals surface area contributed by atoms with Crippen molar-refractivity contribution in [2.75, 3.05) is 13.6 Å². The van der Waals surface area contributed by atoms with Crippen molar-refractivity contribution in [1.82, 2.24) is 15.5 Å². The van der Waals surface area contributed by atoms with Crippen LogP contribution in [-0.4, -0.2) is 36.5 Å². The molecule has 0 aliphatic carbocycles. The highest BCUT2D eigenvalue weighted by molar-refractivity contribution is 6.00. The van der Waals surface area contributed by atoms with E-state index >= 15 is 0 Å². The molecule has 23 heavy (non-hydrogen) atoms. The van der Waals surface area contributed by atoms with Crippen molar-refractivity contribution in [3.8, 4) is 0 Å². The zero-order chi connectivity index (χ0) is 17.8. The minimum atomic E-state index is -0.227. The molecule has 2 aliphatic heterocycles. The Hall–Kier alpha value is -2.30. The van der Waals surface area contributed by atoms with E-state index in [1.807, 2.05) is 71.0 Å². The summed E-state index contributed by atoms with van der Waals surface area (Å²) in [6.07, 6.45) is 0. The summed E-state index contributed by atoms with van der Waals surface area (Å²) in [6, 6.07) is 11.6. The summed E-state index contributed by atoms with van der Waals surface area (Å²) in [5.74, 6) is -0.00463. The lowest BCUT2D eigenvalue weighted by Gasteiger charge is -2.21. The number of carbonyl (C=O) groups excluding carboxylic acids is 2. The molecule has 0 bridgehead atoms. The number of rotatable bonds is 0. The summed E-state index contributed by atoms with van der Waals surface area (Å²) in [6.45, 7) is 10.3. The number of nitrogens with zero attached hydrogens (tertiary/aromatic N) is 1. The first kappa shape index (κ1) is 20.7. The van der Waals surface area contributed by atoms with Crippen molar-refractivity contribution in [2.45, 2.75) is 40.7 Å².